The van der Waals surface area contributed by atoms with Gasteiger partial charge in [-0.3, -0.25) is 4.79 Å². The molecule has 2 aromatic heterocycles. The molecule has 1 atom stereocenters. The van der Waals surface area contributed by atoms with Crippen LogP contribution in [0, 0.1) is 5.92 Å². The molecule has 2 fully saturated rings. The van der Waals surface area contributed by atoms with E-state index >= 15 is 0 Å². The third kappa shape index (κ3) is 3.27. The fourth-order valence-electron chi connectivity index (χ4n) is 3.87. The second-order valence-corrected chi connectivity index (χ2v) is 7.55. The Balaban J connectivity index is 1.39. The van der Waals surface area contributed by atoms with E-state index in [4.69, 9.17) is 0 Å². The minimum atomic E-state index is 0.0465. The lowest BCUT2D eigenvalue weighted by molar-refractivity contribution is -0.125. The maximum atomic E-state index is 12.5. The van der Waals surface area contributed by atoms with Crippen LogP contribution in [0.15, 0.2) is 48.9 Å². The molecule has 1 aliphatic carbocycles. The summed E-state index contributed by atoms with van der Waals surface area (Å²) in [7, 11) is 0. The molecule has 27 heavy (non-hydrogen) atoms. The molecule has 2 aliphatic rings. The zero-order valence-corrected chi connectivity index (χ0v) is 15.2. The molecule has 138 valence electrons. The molecule has 3 heterocycles. The fourth-order valence-corrected chi connectivity index (χ4v) is 3.87. The first-order chi connectivity index (χ1) is 13.3. The van der Waals surface area contributed by atoms with Crippen molar-refractivity contribution in [3.8, 4) is 5.82 Å². The van der Waals surface area contributed by atoms with E-state index in [1.54, 1.807) is 6.33 Å². The summed E-state index contributed by atoms with van der Waals surface area (Å²) in [6, 6.07) is 12.8. The van der Waals surface area contributed by atoms with Gasteiger partial charge in [0.1, 0.15) is 18.0 Å². The molecule has 6 heteroatoms. The topological polar surface area (TPSA) is 63.1 Å². The highest BCUT2D eigenvalue weighted by atomic mass is 16.2. The van der Waals surface area contributed by atoms with Gasteiger partial charge in [0, 0.05) is 31.4 Å². The summed E-state index contributed by atoms with van der Waals surface area (Å²) in [6.07, 6.45) is 7.88. The fraction of sp³-hybridized carbons (Fsp3) is 0.381. The number of hydrogen-bond donors (Lipinski definition) is 1. The van der Waals surface area contributed by atoms with E-state index in [2.05, 4.69) is 43.0 Å². The summed E-state index contributed by atoms with van der Waals surface area (Å²) in [4.78, 5) is 23.6. The van der Waals surface area contributed by atoms with Crippen LogP contribution in [0.3, 0.4) is 0 Å². The number of rotatable bonds is 4. The van der Waals surface area contributed by atoms with Gasteiger partial charge in [0.25, 0.3) is 0 Å². The van der Waals surface area contributed by atoms with Crippen LogP contribution < -0.4 is 10.2 Å². The van der Waals surface area contributed by atoms with E-state index in [1.165, 1.54) is 5.39 Å². The molecule has 0 bridgehead atoms. The molecule has 1 aromatic carbocycles. The Kier molecular flexibility index (Phi) is 4.03. The Hall–Kier alpha value is -2.89. The molecule has 0 radical (unpaired) electrons. The SMILES string of the molecule is O=C(NC1CC1)C1CCCN(c2cc(-n3ccc4ccccc43)ncn2)C1. The van der Waals surface area contributed by atoms with Gasteiger partial charge in [0.05, 0.1) is 11.4 Å². The van der Waals surface area contributed by atoms with Gasteiger partial charge in [0.2, 0.25) is 5.91 Å². The van der Waals surface area contributed by atoms with Gasteiger partial charge < -0.3 is 14.8 Å². The van der Waals surface area contributed by atoms with Gasteiger partial charge in [-0.05, 0) is 43.2 Å². The van der Waals surface area contributed by atoms with Crippen molar-refractivity contribution in [1.29, 1.82) is 0 Å². The first-order valence-electron chi connectivity index (χ1n) is 9.72. The first kappa shape index (κ1) is 16.3. The second-order valence-electron chi connectivity index (χ2n) is 7.55. The number of carbonyl (C=O) groups is 1. The zero-order chi connectivity index (χ0) is 18.2. The third-order valence-electron chi connectivity index (χ3n) is 5.52. The van der Waals surface area contributed by atoms with Gasteiger partial charge in [0.15, 0.2) is 0 Å². The standard InChI is InChI=1S/C21H23N5O/c27-21(24-17-7-8-17)16-5-3-10-25(13-16)19-12-20(23-14-22-19)26-11-9-15-4-1-2-6-18(15)26/h1-2,4,6,9,11-12,14,16-17H,3,5,7-8,10,13H2,(H,24,27). The van der Waals surface area contributed by atoms with Crippen molar-refractivity contribution in [3.63, 3.8) is 0 Å². The lowest BCUT2D eigenvalue weighted by atomic mass is 9.97. The quantitative estimate of drug-likeness (QED) is 0.776. The maximum absolute atomic E-state index is 12.5. The van der Waals surface area contributed by atoms with Crippen LogP contribution in [-0.2, 0) is 4.79 Å². The van der Waals surface area contributed by atoms with Crippen LogP contribution in [0.4, 0.5) is 5.82 Å². The number of nitrogens with zero attached hydrogens (tertiary/aromatic N) is 4. The molecular weight excluding hydrogens is 338 g/mol. The molecule has 1 amide bonds. The zero-order valence-electron chi connectivity index (χ0n) is 15.2. The Morgan fingerprint density at radius 1 is 1.07 bits per heavy atom. The van der Waals surface area contributed by atoms with Gasteiger partial charge in [-0.1, -0.05) is 18.2 Å². The molecule has 1 saturated carbocycles. The van der Waals surface area contributed by atoms with E-state index in [9.17, 15) is 4.79 Å². The van der Waals surface area contributed by atoms with E-state index in [0.29, 0.717) is 6.04 Å². The van der Waals surface area contributed by atoms with Crippen molar-refractivity contribution >= 4 is 22.6 Å². The van der Waals surface area contributed by atoms with Crippen LogP contribution in [0.2, 0.25) is 0 Å². The van der Waals surface area contributed by atoms with Crippen LogP contribution in [0.1, 0.15) is 25.7 Å². The molecule has 1 unspecified atom stereocenters. The van der Waals surface area contributed by atoms with Gasteiger partial charge in [-0.2, -0.15) is 0 Å². The molecule has 6 nitrogen and oxygen atoms in total. The molecule has 1 saturated heterocycles. The largest absolute Gasteiger partial charge is 0.356 e. The average Bonchev–Trinajstić information content (AvgIpc) is 3.43. The van der Waals surface area contributed by atoms with Gasteiger partial charge >= 0.3 is 0 Å². The summed E-state index contributed by atoms with van der Waals surface area (Å²) in [6.45, 7) is 1.65. The van der Waals surface area contributed by atoms with E-state index in [1.807, 2.05) is 24.4 Å². The number of para-hydroxylation sites is 1. The Morgan fingerprint density at radius 2 is 1.93 bits per heavy atom. The Labute approximate surface area is 158 Å². The number of benzene rings is 1. The predicted octanol–water partition coefficient (Wildman–Crippen LogP) is 2.92. The summed E-state index contributed by atoms with van der Waals surface area (Å²) in [5.74, 6) is 1.99. The summed E-state index contributed by atoms with van der Waals surface area (Å²) in [5.41, 5.74) is 1.13. The van der Waals surface area contributed by atoms with E-state index in [-0.39, 0.29) is 11.8 Å². The van der Waals surface area contributed by atoms with Crippen molar-refractivity contribution in [2.24, 2.45) is 5.92 Å². The summed E-state index contributed by atoms with van der Waals surface area (Å²) < 4.78 is 2.09. The number of anilines is 1. The molecule has 1 aliphatic heterocycles. The minimum absolute atomic E-state index is 0.0465. The van der Waals surface area contributed by atoms with Gasteiger partial charge in [-0.25, -0.2) is 9.97 Å². The summed E-state index contributed by atoms with van der Waals surface area (Å²) in [5, 5.41) is 4.33. The normalized spacial score (nSPS) is 20.0. The maximum Gasteiger partial charge on any atom is 0.225 e. The van der Waals surface area contributed by atoms with Crippen molar-refractivity contribution in [2.75, 3.05) is 18.0 Å². The van der Waals surface area contributed by atoms with Crippen LogP contribution >= 0.6 is 0 Å². The molecule has 1 N–H and O–H groups in total. The first-order valence-corrected chi connectivity index (χ1v) is 9.72. The van der Waals surface area contributed by atoms with E-state index in [0.717, 1.165) is 55.9 Å². The monoisotopic (exact) mass is 361 g/mol. The highest BCUT2D eigenvalue weighted by Gasteiger charge is 2.31. The average molecular weight is 361 g/mol. The third-order valence-corrected chi connectivity index (χ3v) is 5.52. The number of fused-ring (bicyclic) bond motifs is 1. The lowest BCUT2D eigenvalue weighted by Gasteiger charge is -2.33. The van der Waals surface area contributed by atoms with Gasteiger partial charge in [-0.15, -0.1) is 0 Å². The number of aromatic nitrogens is 3. The lowest BCUT2D eigenvalue weighted by Crippen LogP contribution is -2.44. The Bertz CT molecular complexity index is 977. The second kappa shape index (κ2) is 6.68. The number of amides is 1. The highest BCUT2D eigenvalue weighted by Crippen LogP contribution is 2.26. The number of hydrogen-bond acceptors (Lipinski definition) is 4. The van der Waals surface area contributed by atoms with Crippen molar-refractivity contribution < 1.29 is 4.79 Å². The van der Waals surface area contributed by atoms with Crippen molar-refractivity contribution in [1.82, 2.24) is 19.9 Å². The van der Waals surface area contributed by atoms with Crippen LogP contribution in [-0.4, -0.2) is 39.6 Å². The molecule has 0 spiro atoms. The van der Waals surface area contributed by atoms with Crippen LogP contribution in [0.25, 0.3) is 16.7 Å². The van der Waals surface area contributed by atoms with Crippen molar-refractivity contribution in [3.05, 3.63) is 48.9 Å². The molecule has 3 aromatic rings. The van der Waals surface area contributed by atoms with E-state index < -0.39 is 0 Å². The van der Waals surface area contributed by atoms with Crippen LogP contribution in [0.5, 0.6) is 0 Å². The number of piperidine rings is 1. The highest BCUT2D eigenvalue weighted by molar-refractivity contribution is 5.82. The number of nitrogens with one attached hydrogen (secondary N) is 1. The smallest absolute Gasteiger partial charge is 0.225 e. The number of carbonyl (C=O) groups excluding carboxylic acids is 1. The molecule has 5 rings (SSSR count). The molecular formula is C21H23N5O. The minimum Gasteiger partial charge on any atom is -0.356 e. The Morgan fingerprint density at radius 3 is 2.81 bits per heavy atom. The summed E-state index contributed by atoms with van der Waals surface area (Å²) >= 11 is 0. The predicted molar refractivity (Wildman–Crippen MR) is 105 cm³/mol. The van der Waals surface area contributed by atoms with Crippen molar-refractivity contribution in [2.45, 2.75) is 31.7 Å².